The van der Waals surface area contributed by atoms with Gasteiger partial charge in [-0.05, 0) is 37.6 Å². The van der Waals surface area contributed by atoms with E-state index in [1.54, 1.807) is 0 Å². The van der Waals surface area contributed by atoms with Gasteiger partial charge in [0.15, 0.2) is 4.90 Å². The first kappa shape index (κ1) is 15.2. The molecule has 9 heteroatoms. The van der Waals surface area contributed by atoms with Crippen LogP contribution in [0, 0.1) is 16.0 Å². The monoisotopic (exact) mass is 319 g/mol. The van der Waals surface area contributed by atoms with E-state index in [1.807, 2.05) is 0 Å². The van der Waals surface area contributed by atoms with Crippen molar-refractivity contribution >= 4 is 27.3 Å². The van der Waals surface area contributed by atoms with Gasteiger partial charge < -0.3 is 5.32 Å². The normalized spacial score (nSPS) is 19.1. The van der Waals surface area contributed by atoms with Gasteiger partial charge in [-0.1, -0.05) is 11.6 Å². The highest BCUT2D eigenvalue weighted by Crippen LogP contribution is 2.27. The van der Waals surface area contributed by atoms with E-state index in [1.165, 1.54) is 6.07 Å². The first-order chi connectivity index (χ1) is 9.40. The summed E-state index contributed by atoms with van der Waals surface area (Å²) in [5, 5.41) is 14.2. The Morgan fingerprint density at radius 3 is 2.85 bits per heavy atom. The average molecular weight is 320 g/mol. The molecule has 1 fully saturated rings. The number of sulfonamides is 1. The van der Waals surface area contributed by atoms with E-state index in [0.717, 1.165) is 31.6 Å². The Morgan fingerprint density at radius 2 is 2.25 bits per heavy atom. The van der Waals surface area contributed by atoms with E-state index in [0.29, 0.717) is 0 Å². The van der Waals surface area contributed by atoms with Gasteiger partial charge in [0.05, 0.1) is 4.92 Å². The Kier molecular flexibility index (Phi) is 4.59. The molecule has 1 atom stereocenters. The molecular weight excluding hydrogens is 306 g/mol. The summed E-state index contributed by atoms with van der Waals surface area (Å²) in [6.07, 6.45) is 0.880. The Labute approximate surface area is 121 Å². The molecule has 1 heterocycles. The number of hydrogen-bond acceptors (Lipinski definition) is 5. The van der Waals surface area contributed by atoms with Crippen LogP contribution < -0.4 is 10.0 Å². The maximum Gasteiger partial charge on any atom is 0.290 e. The van der Waals surface area contributed by atoms with Gasteiger partial charge in [0.1, 0.15) is 0 Å². The molecule has 2 N–H and O–H groups in total. The number of rotatable bonds is 5. The lowest BCUT2D eigenvalue weighted by molar-refractivity contribution is -0.387. The molecule has 1 unspecified atom stereocenters. The molecule has 0 aromatic heterocycles. The molecule has 7 nitrogen and oxygen atoms in total. The van der Waals surface area contributed by atoms with Crippen molar-refractivity contribution in [2.45, 2.75) is 11.3 Å². The van der Waals surface area contributed by atoms with Crippen molar-refractivity contribution in [3.05, 3.63) is 33.3 Å². The van der Waals surface area contributed by atoms with Crippen LogP contribution in [0.1, 0.15) is 6.42 Å². The standard InChI is InChI=1S/C11H14ClN3O4S/c12-9-1-2-11(10(5-9)15(16)17)20(18,19)14-7-8-3-4-13-6-8/h1-2,5,8,13-14H,3-4,6-7H2. The second-order valence-corrected chi connectivity index (χ2v) is 6.75. The molecule has 1 saturated heterocycles. The van der Waals surface area contributed by atoms with Crippen molar-refractivity contribution in [2.75, 3.05) is 19.6 Å². The molecular formula is C11H14ClN3O4S. The molecule has 0 amide bonds. The SMILES string of the molecule is O=[N+]([O-])c1cc(Cl)ccc1S(=O)(=O)NCC1CCNC1. The molecule has 1 aliphatic rings. The van der Waals surface area contributed by atoms with Crippen molar-refractivity contribution in [1.29, 1.82) is 0 Å². The van der Waals surface area contributed by atoms with Crippen molar-refractivity contribution in [1.82, 2.24) is 10.0 Å². The molecule has 0 bridgehead atoms. The number of benzene rings is 1. The largest absolute Gasteiger partial charge is 0.316 e. The Morgan fingerprint density at radius 1 is 1.50 bits per heavy atom. The molecule has 20 heavy (non-hydrogen) atoms. The van der Waals surface area contributed by atoms with E-state index < -0.39 is 20.6 Å². The summed E-state index contributed by atoms with van der Waals surface area (Å²) in [7, 11) is -3.92. The van der Waals surface area contributed by atoms with E-state index in [-0.39, 0.29) is 22.4 Å². The van der Waals surface area contributed by atoms with E-state index in [4.69, 9.17) is 11.6 Å². The summed E-state index contributed by atoms with van der Waals surface area (Å²) in [4.78, 5) is 9.81. The number of halogens is 1. The highest BCUT2D eigenvalue weighted by atomic mass is 35.5. The van der Waals surface area contributed by atoms with Crippen LogP contribution in [0.4, 0.5) is 5.69 Å². The number of nitrogens with zero attached hydrogens (tertiary/aromatic N) is 1. The van der Waals surface area contributed by atoms with Gasteiger partial charge in [0, 0.05) is 17.6 Å². The lowest BCUT2D eigenvalue weighted by Gasteiger charge is -2.11. The third-order valence-electron chi connectivity index (χ3n) is 3.13. The number of nitrogens with one attached hydrogen (secondary N) is 2. The second kappa shape index (κ2) is 6.04. The van der Waals surface area contributed by atoms with E-state index in [2.05, 4.69) is 10.0 Å². The Bertz CT molecular complexity index is 614. The minimum absolute atomic E-state index is 0.121. The minimum atomic E-state index is -3.92. The molecule has 0 radical (unpaired) electrons. The average Bonchev–Trinajstić information content (AvgIpc) is 2.89. The summed E-state index contributed by atoms with van der Waals surface area (Å²) < 4.78 is 26.7. The fraction of sp³-hybridized carbons (Fsp3) is 0.455. The van der Waals surface area contributed by atoms with Gasteiger partial charge in [-0.3, -0.25) is 10.1 Å². The molecule has 1 aliphatic heterocycles. The van der Waals surface area contributed by atoms with Crippen LogP contribution in [0.15, 0.2) is 23.1 Å². The van der Waals surface area contributed by atoms with Gasteiger partial charge in [-0.25, -0.2) is 13.1 Å². The fourth-order valence-electron chi connectivity index (χ4n) is 2.05. The Hall–Kier alpha value is -1.22. The number of hydrogen-bond donors (Lipinski definition) is 2. The summed E-state index contributed by atoms with van der Waals surface area (Å²) in [6, 6.07) is 3.50. The topological polar surface area (TPSA) is 101 Å². The second-order valence-electron chi connectivity index (χ2n) is 4.58. The fourth-order valence-corrected chi connectivity index (χ4v) is 3.49. The van der Waals surface area contributed by atoms with Crippen molar-refractivity contribution in [2.24, 2.45) is 5.92 Å². The van der Waals surface area contributed by atoms with Gasteiger partial charge in [0.2, 0.25) is 10.0 Å². The summed E-state index contributed by atoms with van der Waals surface area (Å²) >= 11 is 5.66. The molecule has 0 saturated carbocycles. The third kappa shape index (κ3) is 3.45. The van der Waals surface area contributed by atoms with Crippen LogP contribution in [-0.2, 0) is 10.0 Å². The zero-order chi connectivity index (χ0) is 14.8. The van der Waals surface area contributed by atoms with E-state index >= 15 is 0 Å². The predicted octanol–water partition coefficient (Wildman–Crippen LogP) is 1.14. The molecule has 1 aromatic rings. The molecule has 1 aromatic carbocycles. The number of nitro groups is 1. The highest BCUT2D eigenvalue weighted by molar-refractivity contribution is 7.89. The molecule has 110 valence electrons. The van der Waals surface area contributed by atoms with Gasteiger partial charge in [-0.2, -0.15) is 0 Å². The van der Waals surface area contributed by atoms with Crippen LogP contribution in [0.3, 0.4) is 0 Å². The van der Waals surface area contributed by atoms with Crippen LogP contribution in [0.5, 0.6) is 0 Å². The lowest BCUT2D eigenvalue weighted by Crippen LogP contribution is -2.30. The maximum atomic E-state index is 12.1. The smallest absolute Gasteiger partial charge is 0.290 e. The van der Waals surface area contributed by atoms with Gasteiger partial charge >= 0.3 is 0 Å². The first-order valence-corrected chi connectivity index (χ1v) is 7.90. The lowest BCUT2D eigenvalue weighted by atomic mass is 10.1. The van der Waals surface area contributed by atoms with E-state index in [9.17, 15) is 18.5 Å². The van der Waals surface area contributed by atoms with Gasteiger partial charge in [0.25, 0.3) is 5.69 Å². The van der Waals surface area contributed by atoms with Crippen molar-refractivity contribution in [3.63, 3.8) is 0 Å². The van der Waals surface area contributed by atoms with Crippen LogP contribution in [0.25, 0.3) is 0 Å². The maximum absolute atomic E-state index is 12.1. The molecule has 0 aliphatic carbocycles. The minimum Gasteiger partial charge on any atom is -0.316 e. The summed E-state index contributed by atoms with van der Waals surface area (Å²) in [5.41, 5.74) is -0.519. The van der Waals surface area contributed by atoms with Crippen molar-refractivity contribution < 1.29 is 13.3 Å². The zero-order valence-corrected chi connectivity index (χ0v) is 12.1. The van der Waals surface area contributed by atoms with Crippen LogP contribution in [-0.4, -0.2) is 33.0 Å². The third-order valence-corrected chi connectivity index (χ3v) is 4.84. The summed E-state index contributed by atoms with van der Waals surface area (Å²) in [5.74, 6) is 0.205. The van der Waals surface area contributed by atoms with Crippen molar-refractivity contribution in [3.8, 4) is 0 Å². The first-order valence-electron chi connectivity index (χ1n) is 6.04. The van der Waals surface area contributed by atoms with Crippen LogP contribution >= 0.6 is 11.6 Å². The molecule has 0 spiro atoms. The Balaban J connectivity index is 2.22. The predicted molar refractivity (Wildman–Crippen MR) is 74.3 cm³/mol. The zero-order valence-electron chi connectivity index (χ0n) is 10.5. The van der Waals surface area contributed by atoms with Crippen LogP contribution in [0.2, 0.25) is 5.02 Å². The summed E-state index contributed by atoms with van der Waals surface area (Å²) in [6.45, 7) is 1.85. The number of nitro benzene ring substituents is 1. The highest BCUT2D eigenvalue weighted by Gasteiger charge is 2.27. The van der Waals surface area contributed by atoms with Gasteiger partial charge in [-0.15, -0.1) is 0 Å². The quantitative estimate of drug-likeness (QED) is 0.626. The molecule has 2 rings (SSSR count).